The molecule has 0 aliphatic heterocycles. The van der Waals surface area contributed by atoms with E-state index in [1.54, 1.807) is 0 Å². The smallest absolute Gasteiger partial charge is 0.299 e. The van der Waals surface area contributed by atoms with Crippen LogP contribution in [0.15, 0.2) is 0 Å². The molecule has 0 heterocycles. The fraction of sp³-hybridized carbons (Fsp3) is 0.941. The zero-order chi connectivity index (χ0) is 16.6. The molecule has 0 saturated heterocycles. The van der Waals surface area contributed by atoms with Gasteiger partial charge in [0.15, 0.2) is 0 Å². The zero-order valence-corrected chi connectivity index (χ0v) is 15.6. The predicted molar refractivity (Wildman–Crippen MR) is 94.1 cm³/mol. The molecule has 3 aliphatic carbocycles. The normalized spacial score (nSPS) is 37.0. The van der Waals surface area contributed by atoms with Crippen LogP contribution in [0.4, 0.5) is 0 Å². The summed E-state index contributed by atoms with van der Waals surface area (Å²) < 4.78 is 33.0. The van der Waals surface area contributed by atoms with Gasteiger partial charge in [0.1, 0.15) is 16.8 Å². The van der Waals surface area contributed by atoms with Crippen molar-refractivity contribution in [3.05, 3.63) is 0 Å². The molecular formula is C17H29O4S2+. The Bertz CT molecular complexity index is 545. The molecule has 6 atom stereocenters. The summed E-state index contributed by atoms with van der Waals surface area (Å²) in [6, 6.07) is 0. The van der Waals surface area contributed by atoms with Crippen LogP contribution in [0.25, 0.3) is 0 Å². The summed E-state index contributed by atoms with van der Waals surface area (Å²) in [6.07, 6.45) is 8.90. The lowest BCUT2D eigenvalue weighted by Gasteiger charge is -2.30. The van der Waals surface area contributed by atoms with Crippen molar-refractivity contribution in [3.8, 4) is 0 Å². The Morgan fingerprint density at radius 3 is 2.52 bits per heavy atom. The lowest BCUT2D eigenvalue weighted by molar-refractivity contribution is -0.123. The predicted octanol–water partition coefficient (Wildman–Crippen LogP) is 3.18. The van der Waals surface area contributed by atoms with E-state index in [2.05, 4.69) is 0 Å². The van der Waals surface area contributed by atoms with Crippen LogP contribution in [0.1, 0.15) is 64.7 Å². The number of hydrogen-bond donors (Lipinski definition) is 1. The molecule has 3 fully saturated rings. The van der Waals surface area contributed by atoms with E-state index >= 15 is 0 Å². The van der Waals surface area contributed by atoms with Gasteiger partial charge >= 0.3 is 10.1 Å². The molecule has 6 heteroatoms. The molecule has 132 valence electrons. The summed E-state index contributed by atoms with van der Waals surface area (Å²) >= 11 is 0. The van der Waals surface area contributed by atoms with E-state index in [1.807, 2.05) is 6.92 Å². The second-order valence-electron chi connectivity index (χ2n) is 7.61. The molecule has 3 aliphatic rings. The number of carbonyl (C=O) groups is 1. The van der Waals surface area contributed by atoms with Gasteiger partial charge in [-0.25, -0.2) is 0 Å². The maximum Gasteiger partial charge on any atom is 0.314 e. The Labute approximate surface area is 142 Å². The van der Waals surface area contributed by atoms with Crippen LogP contribution in [0, 0.1) is 17.8 Å². The maximum atomic E-state index is 12.3. The number of Topliss-reactive ketones (excluding diaryl/α,β-unsaturated/α-hetero) is 1. The maximum absolute atomic E-state index is 12.3. The monoisotopic (exact) mass is 361 g/mol. The first-order valence-electron chi connectivity index (χ1n) is 9.07. The van der Waals surface area contributed by atoms with Crippen molar-refractivity contribution in [2.75, 3.05) is 5.75 Å². The topological polar surface area (TPSA) is 71.4 Å². The Morgan fingerprint density at radius 2 is 2.00 bits per heavy atom. The van der Waals surface area contributed by atoms with E-state index < -0.39 is 14.7 Å². The molecule has 3 rings (SSSR count). The lowest BCUT2D eigenvalue weighted by atomic mass is 9.89. The van der Waals surface area contributed by atoms with Crippen molar-refractivity contribution in [3.63, 3.8) is 0 Å². The van der Waals surface area contributed by atoms with Crippen molar-refractivity contribution in [2.45, 2.75) is 74.5 Å². The summed E-state index contributed by atoms with van der Waals surface area (Å²) in [6.45, 7) is 1.86. The molecule has 0 aromatic carbocycles. The average molecular weight is 362 g/mol. The molecule has 0 aromatic heterocycles. The number of hydrogen-bond acceptors (Lipinski definition) is 3. The summed E-state index contributed by atoms with van der Waals surface area (Å²) in [5.41, 5.74) is 0. The highest BCUT2D eigenvalue weighted by Gasteiger charge is 2.54. The van der Waals surface area contributed by atoms with Gasteiger partial charge in [-0.1, -0.05) is 13.3 Å². The van der Waals surface area contributed by atoms with E-state index in [4.69, 9.17) is 0 Å². The Morgan fingerprint density at radius 1 is 1.22 bits per heavy atom. The molecule has 2 bridgehead atoms. The second kappa shape index (κ2) is 7.04. The van der Waals surface area contributed by atoms with Gasteiger partial charge in [0.2, 0.25) is 4.58 Å². The number of fused-ring (bicyclic) bond motifs is 2. The minimum absolute atomic E-state index is 0.0296. The molecule has 0 radical (unpaired) electrons. The Balaban J connectivity index is 1.82. The van der Waals surface area contributed by atoms with Crippen LogP contribution < -0.4 is 0 Å². The molecule has 23 heavy (non-hydrogen) atoms. The number of ketones is 1. The van der Waals surface area contributed by atoms with Crippen LogP contribution in [-0.4, -0.2) is 34.3 Å². The highest BCUT2D eigenvalue weighted by Crippen LogP contribution is 2.49. The summed E-state index contributed by atoms with van der Waals surface area (Å²) in [5, 5.41) is 0.412. The van der Waals surface area contributed by atoms with Crippen molar-refractivity contribution in [2.24, 2.45) is 17.8 Å². The van der Waals surface area contributed by atoms with Gasteiger partial charge in [0, 0.05) is 29.7 Å². The Hall–Kier alpha value is -0.0700. The molecule has 0 aromatic rings. The number of rotatable bonds is 6. The zero-order valence-electron chi connectivity index (χ0n) is 13.9. The van der Waals surface area contributed by atoms with Gasteiger partial charge in [0.05, 0.1) is 5.92 Å². The van der Waals surface area contributed by atoms with E-state index in [0.717, 1.165) is 31.6 Å². The van der Waals surface area contributed by atoms with Crippen LogP contribution in [0.2, 0.25) is 0 Å². The van der Waals surface area contributed by atoms with Gasteiger partial charge in [-0.05, 0) is 44.4 Å². The first-order valence-corrected chi connectivity index (χ1v) is 12.1. The van der Waals surface area contributed by atoms with Gasteiger partial charge in [-0.15, -0.1) is 0 Å². The fourth-order valence-corrected chi connectivity index (χ4v) is 10.7. The highest BCUT2D eigenvalue weighted by molar-refractivity contribution is 8.10. The largest absolute Gasteiger partial charge is 0.314 e. The summed E-state index contributed by atoms with van der Waals surface area (Å²) in [7, 11) is -4.42. The van der Waals surface area contributed by atoms with Gasteiger partial charge < -0.3 is 0 Å². The van der Waals surface area contributed by atoms with Crippen molar-refractivity contribution in [1.82, 2.24) is 0 Å². The summed E-state index contributed by atoms with van der Waals surface area (Å²) in [5.74, 6) is 2.42. The molecule has 0 amide bonds. The average Bonchev–Trinajstić information content (AvgIpc) is 3.10. The van der Waals surface area contributed by atoms with Gasteiger partial charge in [0.25, 0.3) is 0 Å². The van der Waals surface area contributed by atoms with Gasteiger partial charge in [-0.2, -0.15) is 8.42 Å². The van der Waals surface area contributed by atoms with E-state index in [1.165, 1.54) is 19.3 Å². The van der Waals surface area contributed by atoms with Crippen LogP contribution in [0.3, 0.4) is 0 Å². The minimum atomic E-state index is -4.04. The standard InChI is InChI=1S/C17H28O4S2/c1-2-17(23(19,20)21)22(11-14-5-3-4-6-15(14)18)16-10-12-7-8-13(16)9-12/h12-14,16-17H,2-11H2,1H3/p+1. The van der Waals surface area contributed by atoms with E-state index in [0.29, 0.717) is 35.5 Å². The first-order chi connectivity index (χ1) is 10.9. The summed E-state index contributed by atoms with van der Waals surface area (Å²) in [4.78, 5) is 12.3. The quantitative estimate of drug-likeness (QED) is 0.582. The van der Waals surface area contributed by atoms with Crippen molar-refractivity contribution >= 4 is 26.8 Å². The molecule has 1 N–H and O–H groups in total. The van der Waals surface area contributed by atoms with Crippen LogP contribution in [0.5, 0.6) is 0 Å². The van der Waals surface area contributed by atoms with Gasteiger partial charge in [-0.3, -0.25) is 9.35 Å². The third kappa shape index (κ3) is 3.79. The third-order valence-corrected chi connectivity index (χ3v) is 11.8. The molecule has 0 spiro atoms. The highest BCUT2D eigenvalue weighted by atomic mass is 32.3. The van der Waals surface area contributed by atoms with Crippen molar-refractivity contribution < 1.29 is 17.8 Å². The molecule has 3 saturated carbocycles. The van der Waals surface area contributed by atoms with E-state index in [9.17, 15) is 17.8 Å². The number of carbonyl (C=O) groups excluding carboxylic acids is 1. The van der Waals surface area contributed by atoms with E-state index in [-0.39, 0.29) is 16.8 Å². The molecule has 4 nitrogen and oxygen atoms in total. The lowest BCUT2D eigenvalue weighted by Crippen LogP contribution is -2.44. The SMILES string of the molecule is CCC([S+](CC1CCCCC1=O)C1CC2CCC1C2)S(=O)(=O)O. The van der Waals surface area contributed by atoms with Crippen LogP contribution >= 0.6 is 0 Å². The molecular weight excluding hydrogens is 332 g/mol. The second-order valence-corrected chi connectivity index (χ2v) is 12.0. The molecule has 6 unspecified atom stereocenters. The van der Waals surface area contributed by atoms with Crippen LogP contribution in [-0.2, 0) is 25.8 Å². The third-order valence-electron chi connectivity index (χ3n) is 6.14. The Kier molecular flexibility index (Phi) is 5.43. The van der Waals surface area contributed by atoms with Crippen molar-refractivity contribution in [1.29, 1.82) is 0 Å². The minimum Gasteiger partial charge on any atom is -0.299 e. The first kappa shape index (κ1) is 17.7. The fourth-order valence-electron chi connectivity index (χ4n) is 5.03.